The van der Waals surface area contributed by atoms with Gasteiger partial charge in [0.15, 0.2) is 0 Å². The van der Waals surface area contributed by atoms with Gasteiger partial charge in [-0.05, 0) is 36.6 Å². The molecule has 4 rings (SSSR count). The summed E-state index contributed by atoms with van der Waals surface area (Å²) in [4.78, 5) is 8.23. The molecule has 0 saturated carbocycles. The first-order chi connectivity index (χ1) is 13.1. The summed E-state index contributed by atoms with van der Waals surface area (Å²) in [5.41, 5.74) is 1.01. The second-order valence-electron chi connectivity index (χ2n) is 6.44. The maximum absolute atomic E-state index is 13.1. The summed E-state index contributed by atoms with van der Waals surface area (Å²) in [7, 11) is -3.63. The van der Waals surface area contributed by atoms with E-state index < -0.39 is 10.0 Å². The number of benzene rings is 1. The summed E-state index contributed by atoms with van der Waals surface area (Å²) >= 11 is 0. The Kier molecular flexibility index (Phi) is 4.68. The molecule has 1 aromatic carbocycles. The van der Waals surface area contributed by atoms with Crippen LogP contribution >= 0.6 is 0 Å². The molecule has 8 nitrogen and oxygen atoms in total. The number of aromatic nitrogens is 2. The van der Waals surface area contributed by atoms with Crippen molar-refractivity contribution >= 4 is 10.0 Å². The third-order valence-electron chi connectivity index (χ3n) is 4.69. The van der Waals surface area contributed by atoms with Gasteiger partial charge in [0.25, 0.3) is 5.88 Å². The molecule has 0 spiro atoms. The second kappa shape index (κ2) is 7.13. The van der Waals surface area contributed by atoms with E-state index in [1.807, 2.05) is 6.07 Å². The van der Waals surface area contributed by atoms with E-state index in [0.29, 0.717) is 32.4 Å². The second-order valence-corrected chi connectivity index (χ2v) is 8.37. The highest BCUT2D eigenvalue weighted by Gasteiger charge is 2.32. The summed E-state index contributed by atoms with van der Waals surface area (Å²) in [5, 5.41) is 9.11. The zero-order valence-electron chi connectivity index (χ0n) is 14.5. The van der Waals surface area contributed by atoms with Crippen LogP contribution in [0.5, 0.6) is 11.6 Å². The Morgan fingerprint density at radius 1 is 1.30 bits per heavy atom. The molecule has 0 bridgehead atoms. The Bertz CT molecular complexity index is 1000. The molecule has 0 aliphatic carbocycles. The van der Waals surface area contributed by atoms with Crippen molar-refractivity contribution in [1.29, 1.82) is 5.26 Å². The molecular weight excluding hydrogens is 368 g/mol. The highest BCUT2D eigenvalue weighted by molar-refractivity contribution is 7.89. The smallest absolute Gasteiger partial charge is 0.251 e. The van der Waals surface area contributed by atoms with Gasteiger partial charge in [-0.2, -0.15) is 9.57 Å². The number of nitriles is 1. The minimum atomic E-state index is -3.63. The maximum atomic E-state index is 13.1. The first kappa shape index (κ1) is 17.7. The molecule has 0 radical (unpaired) electrons. The van der Waals surface area contributed by atoms with E-state index in [1.165, 1.54) is 16.7 Å². The van der Waals surface area contributed by atoms with Crippen molar-refractivity contribution < 1.29 is 17.9 Å². The maximum Gasteiger partial charge on any atom is 0.251 e. The molecule has 1 saturated heterocycles. The summed E-state index contributed by atoms with van der Waals surface area (Å²) in [6.07, 6.45) is 4.55. The van der Waals surface area contributed by atoms with Crippen molar-refractivity contribution in [2.45, 2.75) is 30.3 Å². The summed E-state index contributed by atoms with van der Waals surface area (Å²) in [6.45, 7) is 1.22. The largest absolute Gasteiger partial charge is 0.493 e. The number of hydrogen-bond donors (Lipinski definition) is 0. The minimum Gasteiger partial charge on any atom is -0.493 e. The van der Waals surface area contributed by atoms with Crippen molar-refractivity contribution in [2.24, 2.45) is 0 Å². The van der Waals surface area contributed by atoms with Crippen LogP contribution in [0.15, 0.2) is 35.5 Å². The fourth-order valence-corrected chi connectivity index (χ4v) is 4.90. The fraction of sp³-hybridized carbons (Fsp3) is 0.389. The van der Waals surface area contributed by atoms with E-state index in [2.05, 4.69) is 9.97 Å². The quantitative estimate of drug-likeness (QED) is 0.784. The number of rotatable bonds is 4. The number of piperidine rings is 1. The molecule has 9 heteroatoms. The van der Waals surface area contributed by atoms with E-state index in [9.17, 15) is 8.42 Å². The third-order valence-corrected chi connectivity index (χ3v) is 6.55. The van der Waals surface area contributed by atoms with Gasteiger partial charge in [-0.3, -0.25) is 0 Å². The number of nitrogens with zero attached hydrogens (tertiary/aromatic N) is 4. The van der Waals surface area contributed by atoms with Gasteiger partial charge in [0, 0.05) is 25.4 Å². The normalized spacial score (nSPS) is 19.7. The molecular formula is C18H18N4O4S. The molecule has 1 aromatic heterocycles. The standard InChI is InChI=1S/C18H18N4O4S/c19-11-16-18(21-7-6-20-16)26-14-2-1-8-22(12-14)27(23,24)15-3-4-17-13(10-15)5-9-25-17/h3-4,6-7,10,14H,1-2,5,8-9,12H2/t14-/m0/s1. The van der Waals surface area contributed by atoms with Gasteiger partial charge in [-0.1, -0.05) is 0 Å². The van der Waals surface area contributed by atoms with Crippen LogP contribution in [-0.4, -0.2) is 48.5 Å². The monoisotopic (exact) mass is 386 g/mol. The molecule has 0 unspecified atom stereocenters. The molecule has 140 valence electrons. The van der Waals surface area contributed by atoms with Crippen molar-refractivity contribution in [3.63, 3.8) is 0 Å². The van der Waals surface area contributed by atoms with Crippen LogP contribution in [0.1, 0.15) is 24.1 Å². The van der Waals surface area contributed by atoms with Crippen LogP contribution in [0.3, 0.4) is 0 Å². The zero-order valence-corrected chi connectivity index (χ0v) is 15.4. The molecule has 0 amide bonds. The van der Waals surface area contributed by atoms with Gasteiger partial charge >= 0.3 is 0 Å². The van der Waals surface area contributed by atoms with Gasteiger partial charge in [-0.25, -0.2) is 18.4 Å². The molecule has 2 aromatic rings. The minimum absolute atomic E-state index is 0.0936. The van der Waals surface area contributed by atoms with Crippen molar-refractivity contribution in [1.82, 2.24) is 14.3 Å². The number of sulfonamides is 1. The Morgan fingerprint density at radius 3 is 3.00 bits per heavy atom. The SMILES string of the molecule is N#Cc1nccnc1O[C@H]1CCCN(S(=O)(=O)c2ccc3c(c2)CCO3)C1. The topological polar surface area (TPSA) is 105 Å². The number of hydrogen-bond acceptors (Lipinski definition) is 7. The fourth-order valence-electron chi connectivity index (χ4n) is 3.34. The molecule has 1 atom stereocenters. The lowest BCUT2D eigenvalue weighted by atomic mass is 10.1. The van der Waals surface area contributed by atoms with Crippen LogP contribution in [0, 0.1) is 11.3 Å². The van der Waals surface area contributed by atoms with Crippen LogP contribution in [0.4, 0.5) is 0 Å². The summed E-state index contributed by atoms with van der Waals surface area (Å²) < 4.78 is 38.8. The first-order valence-electron chi connectivity index (χ1n) is 8.71. The van der Waals surface area contributed by atoms with Crippen molar-refractivity contribution in [3.8, 4) is 17.7 Å². The molecule has 0 N–H and O–H groups in total. The average molecular weight is 386 g/mol. The van der Waals surface area contributed by atoms with Crippen LogP contribution in [0.25, 0.3) is 0 Å². The Labute approximate surface area is 157 Å². The predicted molar refractivity (Wildman–Crippen MR) is 94.8 cm³/mol. The van der Waals surface area contributed by atoms with Crippen LogP contribution in [0.2, 0.25) is 0 Å². The highest BCUT2D eigenvalue weighted by Crippen LogP contribution is 2.30. The van der Waals surface area contributed by atoms with E-state index in [0.717, 1.165) is 11.3 Å². The van der Waals surface area contributed by atoms with Crippen LogP contribution < -0.4 is 9.47 Å². The van der Waals surface area contributed by atoms with Crippen molar-refractivity contribution in [2.75, 3.05) is 19.7 Å². The third kappa shape index (κ3) is 3.46. The molecule has 1 fully saturated rings. The highest BCUT2D eigenvalue weighted by atomic mass is 32.2. The van der Waals surface area contributed by atoms with Gasteiger partial charge in [0.2, 0.25) is 15.7 Å². The predicted octanol–water partition coefficient (Wildman–Crippen LogP) is 1.52. The van der Waals surface area contributed by atoms with E-state index in [1.54, 1.807) is 18.2 Å². The summed E-state index contributed by atoms with van der Waals surface area (Å²) in [6, 6.07) is 6.92. The zero-order chi connectivity index (χ0) is 18.9. The van der Waals surface area contributed by atoms with E-state index in [-0.39, 0.29) is 29.1 Å². The lowest BCUT2D eigenvalue weighted by Crippen LogP contribution is -2.44. The van der Waals surface area contributed by atoms with E-state index in [4.69, 9.17) is 14.7 Å². The van der Waals surface area contributed by atoms with Gasteiger partial charge in [0.1, 0.15) is 17.9 Å². The van der Waals surface area contributed by atoms with E-state index >= 15 is 0 Å². The first-order valence-corrected chi connectivity index (χ1v) is 10.2. The van der Waals surface area contributed by atoms with Crippen LogP contribution in [-0.2, 0) is 16.4 Å². The Balaban J connectivity index is 1.53. The molecule has 3 heterocycles. The van der Waals surface area contributed by atoms with Crippen molar-refractivity contribution in [3.05, 3.63) is 41.9 Å². The Hall–Kier alpha value is -2.70. The average Bonchev–Trinajstić information content (AvgIpc) is 3.16. The summed E-state index contributed by atoms with van der Waals surface area (Å²) in [5.74, 6) is 0.888. The number of fused-ring (bicyclic) bond motifs is 1. The lowest BCUT2D eigenvalue weighted by molar-refractivity contribution is 0.124. The van der Waals surface area contributed by atoms with Gasteiger partial charge in [-0.15, -0.1) is 0 Å². The number of ether oxygens (including phenoxy) is 2. The lowest BCUT2D eigenvalue weighted by Gasteiger charge is -2.31. The Morgan fingerprint density at radius 2 is 2.15 bits per heavy atom. The molecule has 27 heavy (non-hydrogen) atoms. The van der Waals surface area contributed by atoms with Gasteiger partial charge in [0.05, 0.1) is 18.0 Å². The van der Waals surface area contributed by atoms with Gasteiger partial charge < -0.3 is 9.47 Å². The molecule has 2 aliphatic rings. The molecule has 2 aliphatic heterocycles.